The van der Waals surface area contributed by atoms with Crippen LogP contribution in [0, 0.1) is 0 Å². The van der Waals surface area contributed by atoms with Crippen molar-refractivity contribution in [2.75, 3.05) is 10.0 Å². The third-order valence-corrected chi connectivity index (χ3v) is 7.59. The minimum absolute atomic E-state index is 0.0124. The molecule has 0 fully saturated rings. The zero-order chi connectivity index (χ0) is 25.9. The first kappa shape index (κ1) is 29.7. The van der Waals surface area contributed by atoms with Gasteiger partial charge in [0.1, 0.15) is 0 Å². The third kappa shape index (κ3) is 13.0. The molecule has 8 heteroatoms. The Morgan fingerprint density at radius 2 is 1.19 bits per heavy atom. The van der Waals surface area contributed by atoms with Crippen LogP contribution in [0.25, 0.3) is 0 Å². The number of anilines is 2. The molecule has 36 heavy (non-hydrogen) atoms. The first-order valence-electron chi connectivity index (χ1n) is 13.7. The second kappa shape index (κ2) is 17.9. The summed E-state index contributed by atoms with van der Waals surface area (Å²) >= 11 is 0. The molecule has 0 unspecified atom stereocenters. The molecule has 0 radical (unpaired) electrons. The number of benzene rings is 1. The first-order valence-corrected chi connectivity index (χ1v) is 15.2. The molecule has 1 amide bonds. The number of carbonyl (C=O) groups is 1. The van der Waals surface area contributed by atoms with Crippen molar-refractivity contribution in [3.63, 3.8) is 0 Å². The van der Waals surface area contributed by atoms with Crippen molar-refractivity contribution in [3.8, 4) is 0 Å². The summed E-state index contributed by atoms with van der Waals surface area (Å²) < 4.78 is 27.2. The summed E-state index contributed by atoms with van der Waals surface area (Å²) in [4.78, 5) is 20.0. The molecule has 1 aromatic heterocycles. The Balaban J connectivity index is 1.49. The minimum Gasteiger partial charge on any atom is -0.326 e. The molecule has 200 valence electrons. The number of sulfonamides is 1. The number of rotatable bonds is 20. The van der Waals surface area contributed by atoms with Gasteiger partial charge in [-0.2, -0.15) is 0 Å². The van der Waals surface area contributed by atoms with E-state index < -0.39 is 10.0 Å². The topological polar surface area (TPSA) is 101 Å². The van der Waals surface area contributed by atoms with Crippen LogP contribution in [-0.2, 0) is 14.8 Å². The van der Waals surface area contributed by atoms with Gasteiger partial charge in [0.2, 0.25) is 11.9 Å². The van der Waals surface area contributed by atoms with Crippen molar-refractivity contribution < 1.29 is 13.2 Å². The van der Waals surface area contributed by atoms with E-state index in [4.69, 9.17) is 0 Å². The molecule has 1 aromatic carbocycles. The molecule has 0 saturated carbocycles. The van der Waals surface area contributed by atoms with Crippen molar-refractivity contribution in [2.24, 2.45) is 0 Å². The van der Waals surface area contributed by atoms with Crippen LogP contribution >= 0.6 is 0 Å². The number of amides is 1. The Labute approximate surface area is 218 Å². The van der Waals surface area contributed by atoms with Gasteiger partial charge in [0.05, 0.1) is 4.90 Å². The Morgan fingerprint density at radius 3 is 1.69 bits per heavy atom. The van der Waals surface area contributed by atoms with Gasteiger partial charge in [-0.15, -0.1) is 0 Å². The number of hydrogen-bond acceptors (Lipinski definition) is 5. The predicted octanol–water partition coefficient (Wildman–Crippen LogP) is 7.48. The van der Waals surface area contributed by atoms with Crippen LogP contribution in [-0.4, -0.2) is 24.3 Å². The molecular formula is C28H44N4O3S. The molecule has 2 N–H and O–H groups in total. The predicted molar refractivity (Wildman–Crippen MR) is 147 cm³/mol. The standard InChI is InChI=1S/C28H44N4O3S/c1-2-3-4-5-6-7-8-9-10-11-12-13-14-15-16-18-27(33)31-25-19-21-26(22-20-25)36(34,35)32-28-29-23-17-24-30-28/h17,19-24H,2-16,18H2,1H3,(H,31,33)(H,29,30,32). The van der Waals surface area contributed by atoms with Gasteiger partial charge in [0.15, 0.2) is 0 Å². The van der Waals surface area contributed by atoms with Crippen LogP contribution in [0.2, 0.25) is 0 Å². The highest BCUT2D eigenvalue weighted by Gasteiger charge is 2.15. The molecule has 0 bridgehead atoms. The summed E-state index contributed by atoms with van der Waals surface area (Å²) in [7, 11) is -3.78. The van der Waals surface area contributed by atoms with E-state index in [-0.39, 0.29) is 16.8 Å². The van der Waals surface area contributed by atoms with E-state index in [1.807, 2.05) is 0 Å². The van der Waals surface area contributed by atoms with Crippen LogP contribution in [0.4, 0.5) is 11.6 Å². The molecule has 1 heterocycles. The van der Waals surface area contributed by atoms with Crippen LogP contribution in [0.1, 0.15) is 110 Å². The number of carbonyl (C=O) groups excluding carboxylic acids is 1. The van der Waals surface area contributed by atoms with Gasteiger partial charge in [-0.1, -0.05) is 96.8 Å². The molecule has 0 aliphatic rings. The van der Waals surface area contributed by atoms with E-state index >= 15 is 0 Å². The molecule has 7 nitrogen and oxygen atoms in total. The fourth-order valence-electron chi connectivity index (χ4n) is 4.13. The second-order valence-corrected chi connectivity index (χ2v) is 11.1. The Hall–Kier alpha value is -2.48. The van der Waals surface area contributed by atoms with Crippen molar-refractivity contribution in [1.82, 2.24) is 9.97 Å². The Morgan fingerprint density at radius 1 is 0.722 bits per heavy atom. The average Bonchev–Trinajstić information content (AvgIpc) is 2.87. The van der Waals surface area contributed by atoms with E-state index in [1.165, 1.54) is 108 Å². The van der Waals surface area contributed by atoms with Gasteiger partial charge in [-0.05, 0) is 36.8 Å². The number of nitrogens with one attached hydrogen (secondary N) is 2. The van der Waals surface area contributed by atoms with Crippen molar-refractivity contribution in [1.29, 1.82) is 0 Å². The third-order valence-electron chi connectivity index (χ3n) is 6.25. The van der Waals surface area contributed by atoms with E-state index in [2.05, 4.69) is 26.9 Å². The molecule has 2 rings (SSSR count). The minimum atomic E-state index is -3.78. The van der Waals surface area contributed by atoms with Gasteiger partial charge in [-0.25, -0.2) is 23.1 Å². The summed E-state index contributed by atoms with van der Waals surface area (Å²) in [6, 6.07) is 7.69. The fourth-order valence-corrected chi connectivity index (χ4v) is 5.09. The number of unbranched alkanes of at least 4 members (excludes halogenated alkanes) is 14. The number of aromatic nitrogens is 2. The Bertz CT molecular complexity index is 951. The lowest BCUT2D eigenvalue weighted by atomic mass is 10.0. The molecule has 0 spiro atoms. The van der Waals surface area contributed by atoms with E-state index in [0.717, 1.165) is 12.8 Å². The summed E-state index contributed by atoms with van der Waals surface area (Å²) in [5, 5.41) is 2.84. The molecule has 0 atom stereocenters. The maximum absolute atomic E-state index is 12.4. The van der Waals surface area contributed by atoms with E-state index in [9.17, 15) is 13.2 Å². The van der Waals surface area contributed by atoms with Crippen LogP contribution < -0.4 is 10.0 Å². The maximum Gasteiger partial charge on any atom is 0.264 e. The van der Waals surface area contributed by atoms with Gasteiger partial charge in [0, 0.05) is 24.5 Å². The fraction of sp³-hybridized carbons (Fsp3) is 0.607. The lowest BCUT2D eigenvalue weighted by Crippen LogP contribution is -2.15. The highest BCUT2D eigenvalue weighted by atomic mass is 32.2. The zero-order valence-corrected chi connectivity index (χ0v) is 22.7. The highest BCUT2D eigenvalue weighted by molar-refractivity contribution is 7.92. The number of hydrogen-bond donors (Lipinski definition) is 2. The largest absolute Gasteiger partial charge is 0.326 e. The Kier molecular flexibility index (Phi) is 14.8. The SMILES string of the molecule is CCCCCCCCCCCCCCCCCC(=O)Nc1ccc(S(=O)(=O)Nc2ncccn2)cc1. The van der Waals surface area contributed by atoms with Gasteiger partial charge in [0.25, 0.3) is 10.0 Å². The summed E-state index contributed by atoms with van der Waals surface area (Å²) in [6.07, 6.45) is 22.8. The van der Waals surface area contributed by atoms with E-state index in [0.29, 0.717) is 12.1 Å². The maximum atomic E-state index is 12.4. The van der Waals surface area contributed by atoms with Crippen LogP contribution in [0.15, 0.2) is 47.6 Å². The zero-order valence-electron chi connectivity index (χ0n) is 21.9. The highest BCUT2D eigenvalue weighted by Crippen LogP contribution is 2.17. The summed E-state index contributed by atoms with van der Waals surface area (Å²) in [5.74, 6) is -0.0329. The molecule has 0 aliphatic carbocycles. The van der Waals surface area contributed by atoms with Crippen molar-refractivity contribution in [3.05, 3.63) is 42.7 Å². The van der Waals surface area contributed by atoms with Crippen molar-refractivity contribution in [2.45, 2.75) is 115 Å². The molecule has 0 aliphatic heterocycles. The van der Waals surface area contributed by atoms with Crippen LogP contribution in [0.5, 0.6) is 0 Å². The lowest BCUT2D eigenvalue weighted by molar-refractivity contribution is -0.116. The smallest absolute Gasteiger partial charge is 0.264 e. The quantitative estimate of drug-likeness (QED) is 0.178. The molecule has 0 saturated heterocycles. The summed E-state index contributed by atoms with van der Waals surface area (Å²) in [6.45, 7) is 2.26. The number of nitrogens with zero attached hydrogens (tertiary/aromatic N) is 2. The first-order chi connectivity index (χ1) is 17.5. The van der Waals surface area contributed by atoms with Gasteiger partial charge < -0.3 is 5.32 Å². The summed E-state index contributed by atoms with van der Waals surface area (Å²) in [5.41, 5.74) is 0.580. The van der Waals surface area contributed by atoms with E-state index in [1.54, 1.807) is 18.2 Å². The normalized spacial score (nSPS) is 11.4. The molecule has 2 aromatic rings. The van der Waals surface area contributed by atoms with Gasteiger partial charge in [-0.3, -0.25) is 4.79 Å². The average molecular weight is 517 g/mol. The van der Waals surface area contributed by atoms with Crippen molar-refractivity contribution >= 4 is 27.6 Å². The lowest BCUT2D eigenvalue weighted by Gasteiger charge is -2.08. The monoisotopic (exact) mass is 516 g/mol. The second-order valence-electron chi connectivity index (χ2n) is 9.45. The van der Waals surface area contributed by atoms with Gasteiger partial charge >= 0.3 is 0 Å². The van der Waals surface area contributed by atoms with Crippen LogP contribution in [0.3, 0.4) is 0 Å². The molecular weight excluding hydrogens is 472 g/mol.